The molecule has 0 radical (unpaired) electrons. The quantitative estimate of drug-likeness (QED) is 0.672. The third kappa shape index (κ3) is 5.70. The van der Waals surface area contributed by atoms with Crippen LogP contribution in [0.25, 0.3) is 0 Å². The number of hydrogen-bond donors (Lipinski definition) is 1. The zero-order valence-electron chi connectivity index (χ0n) is 9.59. The lowest BCUT2D eigenvalue weighted by atomic mass is 10.3. The number of para-hydroxylation sites is 1. The monoisotopic (exact) mass is 225 g/mol. The Morgan fingerprint density at radius 3 is 2.56 bits per heavy atom. The van der Waals surface area contributed by atoms with E-state index in [2.05, 4.69) is 0 Å². The molecule has 1 rings (SSSR count). The molecule has 0 aromatic heterocycles. The first-order valence-electron chi connectivity index (χ1n) is 5.33. The molecule has 0 heterocycles. The second kappa shape index (κ2) is 8.10. The van der Waals surface area contributed by atoms with E-state index < -0.39 is 0 Å². The van der Waals surface area contributed by atoms with Crippen LogP contribution in [-0.2, 0) is 9.47 Å². The molecule has 0 aliphatic carbocycles. The minimum absolute atomic E-state index is 0.0678. The van der Waals surface area contributed by atoms with Gasteiger partial charge in [0, 0.05) is 7.11 Å². The Hall–Kier alpha value is -1.10. The maximum absolute atomic E-state index is 5.69. The van der Waals surface area contributed by atoms with E-state index in [1.807, 2.05) is 30.3 Å². The van der Waals surface area contributed by atoms with Crippen LogP contribution in [0.2, 0.25) is 0 Å². The fourth-order valence-electron chi connectivity index (χ4n) is 1.23. The van der Waals surface area contributed by atoms with Crippen molar-refractivity contribution >= 4 is 0 Å². The van der Waals surface area contributed by atoms with E-state index in [4.69, 9.17) is 19.9 Å². The highest BCUT2D eigenvalue weighted by Crippen LogP contribution is 2.07. The average Bonchev–Trinajstić information content (AvgIpc) is 2.30. The number of nitrogens with two attached hydrogens (primary N) is 1. The maximum Gasteiger partial charge on any atom is 0.119 e. The van der Waals surface area contributed by atoms with Crippen LogP contribution in [0.4, 0.5) is 0 Å². The van der Waals surface area contributed by atoms with Gasteiger partial charge in [-0.1, -0.05) is 18.2 Å². The van der Waals surface area contributed by atoms with Gasteiger partial charge in [0.2, 0.25) is 0 Å². The molecule has 2 N–H and O–H groups in total. The Balaban J connectivity index is 2.00. The van der Waals surface area contributed by atoms with Gasteiger partial charge in [-0.3, -0.25) is 0 Å². The number of benzene rings is 1. The highest BCUT2D eigenvalue weighted by atomic mass is 16.5. The molecule has 0 spiro atoms. The normalized spacial score (nSPS) is 12.4. The molecule has 1 unspecified atom stereocenters. The van der Waals surface area contributed by atoms with E-state index in [9.17, 15) is 0 Å². The topological polar surface area (TPSA) is 53.7 Å². The van der Waals surface area contributed by atoms with Gasteiger partial charge < -0.3 is 19.9 Å². The van der Waals surface area contributed by atoms with Crippen molar-refractivity contribution < 1.29 is 14.2 Å². The lowest BCUT2D eigenvalue weighted by Gasteiger charge is -2.11. The van der Waals surface area contributed by atoms with Crippen LogP contribution in [0.1, 0.15) is 0 Å². The summed E-state index contributed by atoms with van der Waals surface area (Å²) in [6.45, 7) is 2.07. The summed E-state index contributed by atoms with van der Waals surface area (Å²) >= 11 is 0. The third-order valence-electron chi connectivity index (χ3n) is 1.95. The molecule has 0 saturated heterocycles. The second-order valence-electron chi connectivity index (χ2n) is 3.45. The summed E-state index contributed by atoms with van der Waals surface area (Å²) in [6, 6.07) is 9.58. The van der Waals surface area contributed by atoms with E-state index in [1.54, 1.807) is 7.11 Å². The van der Waals surface area contributed by atoms with Crippen LogP contribution in [0.5, 0.6) is 5.75 Å². The summed E-state index contributed by atoms with van der Waals surface area (Å²) in [5.41, 5.74) is 5.69. The first-order chi connectivity index (χ1) is 7.83. The first-order valence-corrected chi connectivity index (χ1v) is 5.33. The van der Waals surface area contributed by atoms with Gasteiger partial charge in [0.1, 0.15) is 12.4 Å². The molecular formula is C12H19NO3. The van der Waals surface area contributed by atoms with E-state index in [0.29, 0.717) is 26.4 Å². The van der Waals surface area contributed by atoms with E-state index >= 15 is 0 Å². The van der Waals surface area contributed by atoms with Crippen LogP contribution in [0, 0.1) is 0 Å². The van der Waals surface area contributed by atoms with Crippen molar-refractivity contribution in [2.24, 2.45) is 5.73 Å². The fourth-order valence-corrected chi connectivity index (χ4v) is 1.23. The minimum atomic E-state index is -0.0678. The second-order valence-corrected chi connectivity index (χ2v) is 3.45. The molecule has 16 heavy (non-hydrogen) atoms. The lowest BCUT2D eigenvalue weighted by molar-refractivity contribution is 0.0682. The summed E-state index contributed by atoms with van der Waals surface area (Å²) < 4.78 is 15.7. The zero-order chi connectivity index (χ0) is 11.6. The summed E-state index contributed by atoms with van der Waals surface area (Å²) in [5, 5.41) is 0. The van der Waals surface area contributed by atoms with Crippen LogP contribution in [0.15, 0.2) is 30.3 Å². The maximum atomic E-state index is 5.69. The van der Waals surface area contributed by atoms with Crippen LogP contribution < -0.4 is 10.5 Å². The van der Waals surface area contributed by atoms with Crippen molar-refractivity contribution in [2.45, 2.75) is 6.04 Å². The fraction of sp³-hybridized carbons (Fsp3) is 0.500. The van der Waals surface area contributed by atoms with Gasteiger partial charge in [-0.2, -0.15) is 0 Å². The van der Waals surface area contributed by atoms with Crippen molar-refractivity contribution in [3.63, 3.8) is 0 Å². The van der Waals surface area contributed by atoms with Gasteiger partial charge in [0.25, 0.3) is 0 Å². The molecule has 4 heteroatoms. The first kappa shape index (κ1) is 13.0. The highest BCUT2D eigenvalue weighted by molar-refractivity contribution is 5.20. The summed E-state index contributed by atoms with van der Waals surface area (Å²) in [5.74, 6) is 0.854. The molecular weight excluding hydrogens is 206 g/mol. The molecule has 90 valence electrons. The molecule has 4 nitrogen and oxygen atoms in total. The van der Waals surface area contributed by atoms with Crippen molar-refractivity contribution in [1.82, 2.24) is 0 Å². The number of methoxy groups -OCH3 is 1. The SMILES string of the molecule is COCC(N)COCCOc1ccccc1. The molecule has 1 atom stereocenters. The minimum Gasteiger partial charge on any atom is -0.491 e. The predicted octanol–water partition coefficient (Wildman–Crippen LogP) is 1.06. The average molecular weight is 225 g/mol. The van der Waals surface area contributed by atoms with Crippen molar-refractivity contribution in [1.29, 1.82) is 0 Å². The molecule has 0 saturated carbocycles. The number of rotatable bonds is 8. The lowest BCUT2D eigenvalue weighted by Crippen LogP contribution is -2.31. The largest absolute Gasteiger partial charge is 0.491 e. The third-order valence-corrected chi connectivity index (χ3v) is 1.95. The molecule has 0 bridgehead atoms. The Bertz CT molecular complexity index is 266. The Kier molecular flexibility index (Phi) is 6.56. The van der Waals surface area contributed by atoms with Gasteiger partial charge in [0.05, 0.1) is 25.9 Å². The predicted molar refractivity (Wildman–Crippen MR) is 62.6 cm³/mol. The van der Waals surface area contributed by atoms with Crippen molar-refractivity contribution in [3.05, 3.63) is 30.3 Å². The molecule has 0 aliphatic heterocycles. The summed E-state index contributed by atoms with van der Waals surface area (Å²) in [4.78, 5) is 0. The highest BCUT2D eigenvalue weighted by Gasteiger charge is 2.01. The molecule has 0 aliphatic rings. The Labute approximate surface area is 96.3 Å². The van der Waals surface area contributed by atoms with Gasteiger partial charge in [-0.05, 0) is 12.1 Å². The molecule has 0 fully saturated rings. The van der Waals surface area contributed by atoms with E-state index in [0.717, 1.165) is 5.75 Å². The Morgan fingerprint density at radius 2 is 1.88 bits per heavy atom. The molecule has 0 amide bonds. The number of ether oxygens (including phenoxy) is 3. The van der Waals surface area contributed by atoms with Crippen LogP contribution >= 0.6 is 0 Å². The molecule has 1 aromatic rings. The zero-order valence-corrected chi connectivity index (χ0v) is 9.59. The van der Waals surface area contributed by atoms with E-state index in [-0.39, 0.29) is 6.04 Å². The summed E-state index contributed by atoms with van der Waals surface area (Å²) in [6.07, 6.45) is 0. The number of hydrogen-bond acceptors (Lipinski definition) is 4. The van der Waals surface area contributed by atoms with Gasteiger partial charge in [-0.25, -0.2) is 0 Å². The Morgan fingerprint density at radius 1 is 1.12 bits per heavy atom. The van der Waals surface area contributed by atoms with Crippen LogP contribution in [-0.4, -0.2) is 39.6 Å². The van der Waals surface area contributed by atoms with Crippen molar-refractivity contribution in [2.75, 3.05) is 33.5 Å². The van der Waals surface area contributed by atoms with Gasteiger partial charge in [0.15, 0.2) is 0 Å². The molecule has 1 aromatic carbocycles. The van der Waals surface area contributed by atoms with Crippen LogP contribution in [0.3, 0.4) is 0 Å². The van der Waals surface area contributed by atoms with Crippen molar-refractivity contribution in [3.8, 4) is 5.75 Å². The van der Waals surface area contributed by atoms with Gasteiger partial charge >= 0.3 is 0 Å². The standard InChI is InChI=1S/C12H19NO3/c1-14-9-11(13)10-15-7-8-16-12-5-3-2-4-6-12/h2-6,11H,7-10,13H2,1H3. The van der Waals surface area contributed by atoms with E-state index in [1.165, 1.54) is 0 Å². The van der Waals surface area contributed by atoms with Gasteiger partial charge in [-0.15, -0.1) is 0 Å². The summed E-state index contributed by atoms with van der Waals surface area (Å²) in [7, 11) is 1.62. The smallest absolute Gasteiger partial charge is 0.119 e.